The van der Waals surface area contributed by atoms with Crippen LogP contribution in [0.2, 0.25) is 0 Å². The van der Waals surface area contributed by atoms with Gasteiger partial charge in [0.2, 0.25) is 5.82 Å². The molecular weight excluding hydrogens is 237 g/mol. The van der Waals surface area contributed by atoms with E-state index in [1.807, 2.05) is 0 Å². The highest BCUT2D eigenvalue weighted by Gasteiger charge is 2.09. The third kappa shape index (κ3) is 4.52. The van der Waals surface area contributed by atoms with Gasteiger partial charge < -0.3 is 14.2 Å². The highest BCUT2D eigenvalue weighted by molar-refractivity contribution is 5.35. The van der Waals surface area contributed by atoms with Crippen molar-refractivity contribution in [1.29, 1.82) is 0 Å². The fourth-order valence-corrected chi connectivity index (χ4v) is 1.14. The van der Waals surface area contributed by atoms with Crippen LogP contribution in [0, 0.1) is 5.82 Å². The Morgan fingerprint density at radius 1 is 1.18 bits per heavy atom. The van der Waals surface area contributed by atoms with Crippen LogP contribution in [0.4, 0.5) is 13.2 Å². The molecule has 1 aromatic rings. The monoisotopic (exact) mass is 250 g/mol. The van der Waals surface area contributed by atoms with Crippen molar-refractivity contribution in [3.63, 3.8) is 0 Å². The number of halogens is 3. The van der Waals surface area contributed by atoms with Gasteiger partial charge in [-0.15, -0.1) is 0 Å². The van der Waals surface area contributed by atoms with E-state index in [-0.39, 0.29) is 24.7 Å². The van der Waals surface area contributed by atoms with Crippen molar-refractivity contribution < 1.29 is 27.4 Å². The van der Waals surface area contributed by atoms with Gasteiger partial charge in [-0.05, 0) is 12.1 Å². The van der Waals surface area contributed by atoms with E-state index < -0.39 is 18.8 Å². The minimum atomic E-state index is -2.51. The van der Waals surface area contributed by atoms with Gasteiger partial charge in [-0.3, -0.25) is 0 Å². The fraction of sp³-hybridized carbons (Fsp3) is 0.455. The van der Waals surface area contributed by atoms with Crippen molar-refractivity contribution in [3.05, 3.63) is 24.0 Å². The summed E-state index contributed by atoms with van der Waals surface area (Å²) in [6, 6.07) is 4.44. The Bertz CT molecular complexity index is 345. The highest BCUT2D eigenvalue weighted by atomic mass is 19.3. The molecular formula is C11H13F3O3. The van der Waals surface area contributed by atoms with Crippen LogP contribution in [0.3, 0.4) is 0 Å². The predicted octanol–water partition coefficient (Wildman–Crippen LogP) is 2.49. The lowest BCUT2D eigenvalue weighted by atomic mass is 10.3. The minimum Gasteiger partial charge on any atom is -0.494 e. The zero-order valence-corrected chi connectivity index (χ0v) is 9.29. The van der Waals surface area contributed by atoms with Crippen LogP contribution in [0.25, 0.3) is 0 Å². The maximum Gasteiger partial charge on any atom is 0.261 e. The average molecular weight is 250 g/mol. The van der Waals surface area contributed by atoms with Gasteiger partial charge in [0, 0.05) is 0 Å². The lowest BCUT2D eigenvalue weighted by molar-refractivity contribution is 0.00726. The topological polar surface area (TPSA) is 27.7 Å². The summed E-state index contributed by atoms with van der Waals surface area (Å²) >= 11 is 0. The Kier molecular flexibility index (Phi) is 5.62. The first-order valence-electron chi connectivity index (χ1n) is 4.96. The molecule has 0 saturated heterocycles. The van der Waals surface area contributed by atoms with Crippen molar-refractivity contribution in [2.45, 2.75) is 6.43 Å². The maximum atomic E-state index is 13.5. The Labute approximate surface area is 97.1 Å². The van der Waals surface area contributed by atoms with E-state index in [0.717, 1.165) is 0 Å². The van der Waals surface area contributed by atoms with Crippen LogP contribution in [-0.4, -0.2) is 33.4 Å². The summed E-state index contributed by atoms with van der Waals surface area (Å²) in [4.78, 5) is 0. The molecule has 0 aliphatic carbocycles. The van der Waals surface area contributed by atoms with Gasteiger partial charge >= 0.3 is 0 Å². The third-order valence-corrected chi connectivity index (χ3v) is 1.88. The van der Waals surface area contributed by atoms with Crippen LogP contribution in [-0.2, 0) is 4.74 Å². The summed E-state index contributed by atoms with van der Waals surface area (Å²) in [6.07, 6.45) is -2.51. The molecule has 0 amide bonds. The number of benzene rings is 1. The first-order chi connectivity index (χ1) is 8.15. The summed E-state index contributed by atoms with van der Waals surface area (Å²) in [5.74, 6) is -0.551. The Morgan fingerprint density at radius 3 is 2.53 bits per heavy atom. The number of rotatable bonds is 7. The lowest BCUT2D eigenvalue weighted by Crippen LogP contribution is -2.11. The number of hydrogen-bond donors (Lipinski definition) is 0. The second-order valence-electron chi connectivity index (χ2n) is 3.09. The largest absolute Gasteiger partial charge is 0.494 e. The second-order valence-corrected chi connectivity index (χ2v) is 3.09. The van der Waals surface area contributed by atoms with Gasteiger partial charge in [-0.2, -0.15) is 4.39 Å². The van der Waals surface area contributed by atoms with E-state index in [4.69, 9.17) is 9.47 Å². The van der Waals surface area contributed by atoms with E-state index in [1.165, 1.54) is 19.2 Å². The van der Waals surface area contributed by atoms with E-state index in [9.17, 15) is 13.2 Å². The van der Waals surface area contributed by atoms with Crippen LogP contribution < -0.4 is 9.47 Å². The van der Waals surface area contributed by atoms with Gasteiger partial charge in [-0.1, -0.05) is 6.07 Å². The number of ether oxygens (including phenoxy) is 3. The fourth-order valence-electron chi connectivity index (χ4n) is 1.14. The number of methoxy groups -OCH3 is 1. The molecule has 1 aromatic carbocycles. The second kappa shape index (κ2) is 7.01. The summed E-state index contributed by atoms with van der Waals surface area (Å²) in [5.41, 5.74) is 0. The predicted molar refractivity (Wildman–Crippen MR) is 55.3 cm³/mol. The first-order valence-corrected chi connectivity index (χ1v) is 4.96. The van der Waals surface area contributed by atoms with Crippen molar-refractivity contribution in [2.75, 3.05) is 26.9 Å². The van der Waals surface area contributed by atoms with Crippen molar-refractivity contribution in [1.82, 2.24) is 0 Å². The SMILES string of the molecule is COc1cccc(OCCOCC(F)F)c1F. The Morgan fingerprint density at radius 2 is 1.88 bits per heavy atom. The van der Waals surface area contributed by atoms with Crippen LogP contribution in [0.15, 0.2) is 18.2 Å². The Balaban J connectivity index is 2.36. The zero-order chi connectivity index (χ0) is 12.7. The molecule has 6 heteroatoms. The number of hydrogen-bond acceptors (Lipinski definition) is 3. The molecule has 17 heavy (non-hydrogen) atoms. The summed E-state index contributed by atoms with van der Waals surface area (Å²) in [7, 11) is 1.34. The summed E-state index contributed by atoms with van der Waals surface area (Å²) in [6.45, 7) is -0.679. The van der Waals surface area contributed by atoms with E-state index in [2.05, 4.69) is 4.74 Å². The molecule has 0 saturated carbocycles. The molecule has 0 aliphatic heterocycles. The molecule has 96 valence electrons. The zero-order valence-electron chi connectivity index (χ0n) is 9.29. The first kappa shape index (κ1) is 13.6. The lowest BCUT2D eigenvalue weighted by Gasteiger charge is -2.09. The van der Waals surface area contributed by atoms with E-state index in [0.29, 0.717) is 0 Å². The molecule has 0 unspecified atom stereocenters. The van der Waals surface area contributed by atoms with Gasteiger partial charge in [-0.25, -0.2) is 8.78 Å². The quantitative estimate of drug-likeness (QED) is 0.696. The smallest absolute Gasteiger partial charge is 0.261 e. The molecule has 0 bridgehead atoms. The molecule has 3 nitrogen and oxygen atoms in total. The van der Waals surface area contributed by atoms with Gasteiger partial charge in [0.1, 0.15) is 13.2 Å². The molecule has 0 aliphatic rings. The van der Waals surface area contributed by atoms with E-state index >= 15 is 0 Å². The van der Waals surface area contributed by atoms with E-state index in [1.54, 1.807) is 6.07 Å². The average Bonchev–Trinajstić information content (AvgIpc) is 2.30. The minimum absolute atomic E-state index is 0.00317. The molecule has 0 N–H and O–H groups in total. The normalized spacial score (nSPS) is 10.6. The highest BCUT2D eigenvalue weighted by Crippen LogP contribution is 2.25. The standard InChI is InChI=1S/C11H13F3O3/c1-15-8-3-2-4-9(11(8)14)17-6-5-16-7-10(12)13/h2-4,10H,5-7H2,1H3. The van der Waals surface area contributed by atoms with Gasteiger partial charge in [0.15, 0.2) is 11.5 Å². The molecule has 0 aromatic heterocycles. The molecule has 0 fully saturated rings. The molecule has 0 heterocycles. The van der Waals surface area contributed by atoms with Gasteiger partial charge in [0.05, 0.1) is 13.7 Å². The molecule has 0 atom stereocenters. The molecule has 0 radical (unpaired) electrons. The number of alkyl halides is 2. The summed E-state index contributed by atoms with van der Waals surface area (Å²) < 4.78 is 51.3. The van der Waals surface area contributed by atoms with Crippen molar-refractivity contribution >= 4 is 0 Å². The van der Waals surface area contributed by atoms with Crippen LogP contribution >= 0.6 is 0 Å². The maximum absolute atomic E-state index is 13.5. The van der Waals surface area contributed by atoms with Crippen LogP contribution in [0.1, 0.15) is 0 Å². The third-order valence-electron chi connectivity index (χ3n) is 1.88. The van der Waals surface area contributed by atoms with Crippen molar-refractivity contribution in [2.24, 2.45) is 0 Å². The Hall–Kier alpha value is -1.43. The van der Waals surface area contributed by atoms with Crippen molar-refractivity contribution in [3.8, 4) is 11.5 Å². The summed E-state index contributed by atoms with van der Waals surface area (Å²) in [5, 5.41) is 0. The molecule has 1 rings (SSSR count). The van der Waals surface area contributed by atoms with Crippen LogP contribution in [0.5, 0.6) is 11.5 Å². The van der Waals surface area contributed by atoms with Gasteiger partial charge in [0.25, 0.3) is 6.43 Å². The molecule has 0 spiro atoms.